The Morgan fingerprint density at radius 2 is 2.09 bits per heavy atom. The normalized spacial score (nSPS) is 28.0. The molecule has 1 saturated heterocycles. The Morgan fingerprint density at radius 3 is 2.74 bits per heavy atom. The van der Waals surface area contributed by atoms with E-state index in [1.165, 1.54) is 0 Å². The van der Waals surface area contributed by atoms with Crippen molar-refractivity contribution in [1.29, 1.82) is 0 Å². The van der Waals surface area contributed by atoms with Crippen LogP contribution in [0.25, 0.3) is 0 Å². The molecule has 7 heteroatoms. The fourth-order valence-corrected chi connectivity index (χ4v) is 3.53. The molecule has 2 unspecified atom stereocenters. The quantitative estimate of drug-likeness (QED) is 0.846. The van der Waals surface area contributed by atoms with E-state index in [0.29, 0.717) is 12.1 Å². The number of halogens is 4. The highest BCUT2D eigenvalue weighted by atomic mass is 19.4. The van der Waals surface area contributed by atoms with Crippen molar-refractivity contribution in [3.05, 3.63) is 35.1 Å². The molecule has 1 aromatic rings. The fraction of sp³-hybridized carbons (Fsp3) is 0.562. The molecule has 1 heterocycles. The molecular weight excluding hydrogens is 312 g/mol. The van der Waals surface area contributed by atoms with Crippen molar-refractivity contribution in [3.63, 3.8) is 0 Å². The van der Waals surface area contributed by atoms with Gasteiger partial charge in [-0.15, -0.1) is 0 Å². The Hall–Kier alpha value is -1.63. The second-order valence-electron chi connectivity index (χ2n) is 6.66. The van der Waals surface area contributed by atoms with E-state index in [2.05, 4.69) is 10.2 Å². The Morgan fingerprint density at radius 1 is 1.35 bits per heavy atom. The molecule has 1 aromatic carbocycles. The zero-order valence-electron chi connectivity index (χ0n) is 12.7. The van der Waals surface area contributed by atoms with Gasteiger partial charge in [0.25, 0.3) is 5.91 Å². The Balaban J connectivity index is 1.71. The molecule has 1 aliphatic carbocycles. The van der Waals surface area contributed by atoms with Crippen molar-refractivity contribution in [2.24, 2.45) is 5.41 Å². The van der Waals surface area contributed by atoms with E-state index < -0.39 is 23.5 Å². The van der Waals surface area contributed by atoms with Crippen molar-refractivity contribution in [2.75, 3.05) is 20.1 Å². The molecule has 23 heavy (non-hydrogen) atoms. The highest BCUT2D eigenvalue weighted by Gasteiger charge is 2.55. The predicted molar refractivity (Wildman–Crippen MR) is 76.4 cm³/mol. The molecule has 1 saturated carbocycles. The van der Waals surface area contributed by atoms with Crippen molar-refractivity contribution in [3.8, 4) is 0 Å². The van der Waals surface area contributed by atoms with Gasteiger partial charge >= 0.3 is 6.18 Å². The number of likely N-dealkylation sites (tertiary alicyclic amines) is 1. The van der Waals surface area contributed by atoms with Gasteiger partial charge in [0.2, 0.25) is 0 Å². The maximum absolute atomic E-state index is 13.4. The zero-order chi connectivity index (χ0) is 16.8. The average Bonchev–Trinajstić information content (AvgIpc) is 3.07. The van der Waals surface area contributed by atoms with Crippen LogP contribution in [0.2, 0.25) is 0 Å². The van der Waals surface area contributed by atoms with Crippen LogP contribution in [0.1, 0.15) is 35.2 Å². The number of hydrogen-bond donors (Lipinski definition) is 1. The monoisotopic (exact) mass is 330 g/mol. The summed E-state index contributed by atoms with van der Waals surface area (Å²) in [4.78, 5) is 14.4. The van der Waals surface area contributed by atoms with Crippen LogP contribution in [0.3, 0.4) is 0 Å². The van der Waals surface area contributed by atoms with E-state index >= 15 is 0 Å². The maximum atomic E-state index is 13.4. The number of piperidine rings is 1. The van der Waals surface area contributed by atoms with Gasteiger partial charge in [0.05, 0.1) is 5.56 Å². The second kappa shape index (κ2) is 5.47. The summed E-state index contributed by atoms with van der Waals surface area (Å²) in [5.41, 5.74) is -1.41. The lowest BCUT2D eigenvalue weighted by molar-refractivity contribution is -0.137. The third-order valence-electron chi connectivity index (χ3n) is 4.78. The van der Waals surface area contributed by atoms with E-state index in [4.69, 9.17) is 0 Å². The summed E-state index contributed by atoms with van der Waals surface area (Å²) in [6.07, 6.45) is -1.81. The molecule has 2 atom stereocenters. The first kappa shape index (κ1) is 16.2. The SMILES string of the molecule is CN1CCCC2(CC2NC(=O)c2cc(F)cc(C(F)(F)F)c2)C1. The summed E-state index contributed by atoms with van der Waals surface area (Å²) >= 11 is 0. The van der Waals surface area contributed by atoms with Gasteiger partial charge in [0.15, 0.2) is 0 Å². The maximum Gasteiger partial charge on any atom is 0.416 e. The Kier molecular flexibility index (Phi) is 3.86. The van der Waals surface area contributed by atoms with Gasteiger partial charge in [-0.05, 0) is 51.1 Å². The van der Waals surface area contributed by atoms with Crippen LogP contribution in [0.4, 0.5) is 17.6 Å². The van der Waals surface area contributed by atoms with Gasteiger partial charge in [-0.2, -0.15) is 13.2 Å². The number of nitrogens with one attached hydrogen (secondary N) is 1. The van der Waals surface area contributed by atoms with E-state index in [0.717, 1.165) is 38.4 Å². The van der Waals surface area contributed by atoms with Gasteiger partial charge in [0.1, 0.15) is 5.82 Å². The second-order valence-corrected chi connectivity index (χ2v) is 6.66. The lowest BCUT2D eigenvalue weighted by Crippen LogP contribution is -2.39. The third-order valence-corrected chi connectivity index (χ3v) is 4.78. The first-order valence-corrected chi connectivity index (χ1v) is 7.57. The molecule has 3 rings (SSSR count). The summed E-state index contributed by atoms with van der Waals surface area (Å²) in [6.45, 7) is 1.89. The van der Waals surface area contributed by atoms with Gasteiger partial charge < -0.3 is 10.2 Å². The van der Waals surface area contributed by atoms with Gasteiger partial charge in [-0.3, -0.25) is 4.79 Å². The van der Waals surface area contributed by atoms with Crippen molar-refractivity contribution in [2.45, 2.75) is 31.5 Å². The van der Waals surface area contributed by atoms with Crippen LogP contribution in [-0.2, 0) is 6.18 Å². The molecular formula is C16H18F4N2O. The van der Waals surface area contributed by atoms with Gasteiger partial charge in [-0.1, -0.05) is 0 Å². The van der Waals surface area contributed by atoms with Crippen LogP contribution in [0.5, 0.6) is 0 Å². The first-order chi connectivity index (χ1) is 10.7. The standard InChI is InChI=1S/C16H18F4N2O/c1-22-4-2-3-15(9-22)8-13(15)21-14(23)10-5-11(16(18,19)20)7-12(17)6-10/h5-7,13H,2-4,8-9H2,1H3,(H,21,23). The van der Waals surface area contributed by atoms with Crippen LogP contribution in [-0.4, -0.2) is 37.0 Å². The number of benzene rings is 1. The average molecular weight is 330 g/mol. The Labute approximate surface area is 131 Å². The smallest absolute Gasteiger partial charge is 0.349 e. The molecule has 0 bridgehead atoms. The molecule has 2 aliphatic rings. The van der Waals surface area contributed by atoms with E-state index in [1.54, 1.807) is 0 Å². The third kappa shape index (κ3) is 3.34. The highest BCUT2D eigenvalue weighted by Crippen LogP contribution is 2.52. The number of nitrogens with zero attached hydrogens (tertiary/aromatic N) is 1. The molecule has 126 valence electrons. The van der Waals surface area contributed by atoms with Crippen molar-refractivity contribution < 1.29 is 22.4 Å². The molecule has 3 nitrogen and oxygen atoms in total. The van der Waals surface area contributed by atoms with Crippen LogP contribution in [0.15, 0.2) is 18.2 Å². The van der Waals surface area contributed by atoms with Crippen LogP contribution < -0.4 is 5.32 Å². The predicted octanol–water partition coefficient (Wildman–Crippen LogP) is 3.06. The topological polar surface area (TPSA) is 32.3 Å². The molecule has 0 radical (unpaired) electrons. The number of amides is 1. The largest absolute Gasteiger partial charge is 0.416 e. The minimum absolute atomic E-state index is 0.0306. The number of rotatable bonds is 2. The van der Waals surface area contributed by atoms with Gasteiger partial charge in [-0.25, -0.2) is 4.39 Å². The molecule has 1 aliphatic heterocycles. The molecule has 1 spiro atoms. The summed E-state index contributed by atoms with van der Waals surface area (Å²) in [5.74, 6) is -1.71. The number of alkyl halides is 3. The Bertz CT molecular complexity index is 631. The summed E-state index contributed by atoms with van der Waals surface area (Å²) < 4.78 is 51.5. The zero-order valence-corrected chi connectivity index (χ0v) is 12.7. The van der Waals surface area contributed by atoms with Crippen LogP contribution in [0, 0.1) is 11.2 Å². The van der Waals surface area contributed by atoms with Crippen molar-refractivity contribution >= 4 is 5.91 Å². The van der Waals surface area contributed by atoms with Crippen LogP contribution >= 0.6 is 0 Å². The lowest BCUT2D eigenvalue weighted by atomic mass is 9.94. The molecule has 2 fully saturated rings. The van der Waals surface area contributed by atoms with Gasteiger partial charge in [0, 0.05) is 23.6 Å². The molecule has 0 aromatic heterocycles. The van der Waals surface area contributed by atoms with E-state index in [1.807, 2.05) is 7.05 Å². The summed E-state index contributed by atoms with van der Waals surface area (Å²) in [5, 5.41) is 2.76. The number of carbonyl (C=O) groups excluding carboxylic acids is 1. The minimum atomic E-state index is -4.68. The number of carbonyl (C=O) groups is 1. The van der Waals surface area contributed by atoms with E-state index in [-0.39, 0.29) is 17.0 Å². The highest BCUT2D eigenvalue weighted by molar-refractivity contribution is 5.95. The number of hydrogen-bond acceptors (Lipinski definition) is 2. The summed E-state index contributed by atoms with van der Waals surface area (Å²) in [7, 11) is 2.01. The van der Waals surface area contributed by atoms with E-state index in [9.17, 15) is 22.4 Å². The molecule has 1 amide bonds. The first-order valence-electron chi connectivity index (χ1n) is 7.57. The molecule has 1 N–H and O–H groups in total. The fourth-order valence-electron chi connectivity index (χ4n) is 3.53. The lowest BCUT2D eigenvalue weighted by Gasteiger charge is -2.30. The summed E-state index contributed by atoms with van der Waals surface area (Å²) in [6, 6.07) is 1.88. The minimum Gasteiger partial charge on any atom is -0.349 e. The van der Waals surface area contributed by atoms with Crippen molar-refractivity contribution in [1.82, 2.24) is 10.2 Å².